The van der Waals surface area contributed by atoms with Crippen LogP contribution in [0.2, 0.25) is 0 Å². The van der Waals surface area contributed by atoms with Gasteiger partial charge >= 0.3 is 12.1 Å². The number of rotatable bonds is 8. The fourth-order valence-corrected chi connectivity index (χ4v) is 4.56. The molecule has 0 N–H and O–H groups in total. The Morgan fingerprint density at radius 2 is 1.77 bits per heavy atom. The molecule has 0 fully saturated rings. The molecule has 0 radical (unpaired) electrons. The Hall–Kier alpha value is -4.31. The molecule has 10 heteroatoms. The molecule has 2 heterocycles. The van der Waals surface area contributed by atoms with Gasteiger partial charge in [-0.2, -0.15) is 13.2 Å². The Kier molecular flexibility index (Phi) is 7.79. The van der Waals surface area contributed by atoms with Gasteiger partial charge in [-0.15, -0.1) is 0 Å². The van der Waals surface area contributed by atoms with E-state index >= 15 is 0 Å². The van der Waals surface area contributed by atoms with E-state index in [0.29, 0.717) is 17.9 Å². The van der Waals surface area contributed by atoms with Gasteiger partial charge in [0.15, 0.2) is 0 Å². The number of alkyl halides is 3. The van der Waals surface area contributed by atoms with Gasteiger partial charge in [-0.3, -0.25) is 9.69 Å². The third-order valence-electron chi connectivity index (χ3n) is 6.49. The number of halogens is 3. The van der Waals surface area contributed by atoms with Gasteiger partial charge in [-0.05, 0) is 61.7 Å². The first-order valence-electron chi connectivity index (χ1n) is 12.8. The minimum absolute atomic E-state index is 0.0559. The summed E-state index contributed by atoms with van der Waals surface area (Å²) in [5.41, 5.74) is 0.599. The molecule has 1 aliphatic heterocycles. The molecule has 0 atom stereocenters. The second-order valence-corrected chi connectivity index (χ2v) is 9.27. The number of nitrogens with zero attached hydrogens (tertiary/aromatic N) is 1. The lowest BCUT2D eigenvalue weighted by Gasteiger charge is -2.29. The van der Waals surface area contributed by atoms with Crippen LogP contribution >= 0.6 is 0 Å². The number of fused-ring (bicyclic) bond motifs is 3. The SMILES string of the molecule is CCOC(=O)c1ccc(Oc2c(C(F)(F)F)oc3c4c(ccc3c2=O)OCN(CCCc2ccccc2)C4)cc1. The molecule has 7 nitrogen and oxygen atoms in total. The Bertz CT molecular complexity index is 1570. The predicted octanol–water partition coefficient (Wildman–Crippen LogP) is 6.57. The molecule has 1 aliphatic rings. The molecular formula is C30H26F3NO6. The van der Waals surface area contributed by atoms with Gasteiger partial charge < -0.3 is 18.6 Å². The predicted molar refractivity (Wildman–Crippen MR) is 141 cm³/mol. The molecule has 0 saturated heterocycles. The van der Waals surface area contributed by atoms with Crippen LogP contribution in [-0.2, 0) is 23.9 Å². The van der Waals surface area contributed by atoms with Crippen LogP contribution < -0.4 is 14.9 Å². The van der Waals surface area contributed by atoms with Gasteiger partial charge in [0.2, 0.25) is 11.2 Å². The number of carbonyl (C=O) groups excluding carboxylic acids is 1. The summed E-state index contributed by atoms with van der Waals surface area (Å²) < 4.78 is 63.9. The molecule has 0 spiro atoms. The summed E-state index contributed by atoms with van der Waals surface area (Å²) in [6.45, 7) is 3.00. The van der Waals surface area contributed by atoms with Crippen molar-refractivity contribution < 1.29 is 36.6 Å². The Morgan fingerprint density at radius 1 is 1.02 bits per heavy atom. The van der Waals surface area contributed by atoms with Crippen LogP contribution in [0.25, 0.3) is 11.0 Å². The van der Waals surface area contributed by atoms with Gasteiger partial charge in [-0.1, -0.05) is 30.3 Å². The molecule has 0 amide bonds. The highest BCUT2D eigenvalue weighted by molar-refractivity contribution is 5.89. The fourth-order valence-electron chi connectivity index (χ4n) is 4.56. The van der Waals surface area contributed by atoms with E-state index in [1.165, 1.54) is 35.9 Å². The average molecular weight is 554 g/mol. The van der Waals surface area contributed by atoms with E-state index in [1.807, 2.05) is 35.2 Å². The van der Waals surface area contributed by atoms with Gasteiger partial charge in [0.05, 0.1) is 23.1 Å². The molecule has 208 valence electrons. The van der Waals surface area contributed by atoms with Crippen molar-refractivity contribution in [1.29, 1.82) is 0 Å². The molecule has 4 aromatic rings. The van der Waals surface area contributed by atoms with Crippen molar-refractivity contribution in [2.24, 2.45) is 0 Å². The summed E-state index contributed by atoms with van der Waals surface area (Å²) in [6.07, 6.45) is -3.35. The monoisotopic (exact) mass is 553 g/mol. The minimum Gasteiger partial charge on any atom is -0.478 e. The summed E-state index contributed by atoms with van der Waals surface area (Å²) in [5.74, 6) is -2.83. The molecule has 40 heavy (non-hydrogen) atoms. The van der Waals surface area contributed by atoms with Crippen LogP contribution in [0.3, 0.4) is 0 Å². The molecular weight excluding hydrogens is 527 g/mol. The van der Waals surface area contributed by atoms with Crippen molar-refractivity contribution in [2.45, 2.75) is 32.5 Å². The zero-order valence-corrected chi connectivity index (χ0v) is 21.6. The smallest absolute Gasteiger partial charge is 0.453 e. The first-order chi connectivity index (χ1) is 19.2. The highest BCUT2D eigenvalue weighted by atomic mass is 19.4. The van der Waals surface area contributed by atoms with Crippen molar-refractivity contribution in [3.8, 4) is 17.2 Å². The highest BCUT2D eigenvalue weighted by Crippen LogP contribution is 2.41. The second-order valence-electron chi connectivity index (χ2n) is 9.27. The molecule has 0 bridgehead atoms. The Morgan fingerprint density at radius 3 is 2.48 bits per heavy atom. The van der Waals surface area contributed by atoms with Crippen LogP contribution in [0.5, 0.6) is 17.2 Å². The molecule has 0 saturated carbocycles. The summed E-state index contributed by atoms with van der Waals surface area (Å²) >= 11 is 0. The lowest BCUT2D eigenvalue weighted by atomic mass is 10.1. The van der Waals surface area contributed by atoms with Crippen LogP contribution in [0, 0.1) is 0 Å². The maximum Gasteiger partial charge on any atom is 0.453 e. The van der Waals surface area contributed by atoms with E-state index in [2.05, 4.69) is 0 Å². The van der Waals surface area contributed by atoms with Crippen molar-refractivity contribution >= 4 is 16.9 Å². The maximum absolute atomic E-state index is 14.1. The fraction of sp³-hybridized carbons (Fsp3) is 0.267. The standard InChI is InChI=1S/C30H26F3NO6/c1-2-37-29(36)20-10-12-21(13-11-20)39-27-25(35)22-14-15-24-23(26(22)40-28(27)30(31,32)33)17-34(18-38-24)16-6-9-19-7-4-3-5-8-19/h3-5,7-8,10-15H,2,6,9,16-18H2,1H3. The first-order valence-corrected chi connectivity index (χ1v) is 12.8. The summed E-state index contributed by atoms with van der Waals surface area (Å²) in [7, 11) is 0. The van der Waals surface area contributed by atoms with Crippen molar-refractivity contribution in [3.63, 3.8) is 0 Å². The number of esters is 1. The van der Waals surface area contributed by atoms with E-state index in [4.69, 9.17) is 18.6 Å². The van der Waals surface area contributed by atoms with Crippen LogP contribution in [0.1, 0.15) is 40.6 Å². The molecule has 0 aliphatic carbocycles. The van der Waals surface area contributed by atoms with Crippen molar-refractivity contribution in [3.05, 3.63) is 99.4 Å². The zero-order chi connectivity index (χ0) is 28.3. The van der Waals surface area contributed by atoms with E-state index in [9.17, 15) is 22.8 Å². The average Bonchev–Trinajstić information content (AvgIpc) is 2.94. The minimum atomic E-state index is -5.01. The number of aryl methyl sites for hydroxylation is 1. The van der Waals surface area contributed by atoms with Gasteiger partial charge in [0.25, 0.3) is 5.76 Å². The van der Waals surface area contributed by atoms with E-state index in [1.54, 1.807) is 13.0 Å². The second kappa shape index (κ2) is 11.4. The number of hydrogen-bond donors (Lipinski definition) is 0. The number of benzene rings is 3. The lowest BCUT2D eigenvalue weighted by Crippen LogP contribution is -2.33. The summed E-state index contributed by atoms with van der Waals surface area (Å²) in [5, 5.41) is -0.0559. The van der Waals surface area contributed by atoms with Crippen molar-refractivity contribution in [2.75, 3.05) is 19.9 Å². The van der Waals surface area contributed by atoms with Gasteiger partial charge in [-0.25, -0.2) is 4.79 Å². The van der Waals surface area contributed by atoms with Crippen molar-refractivity contribution in [1.82, 2.24) is 4.90 Å². The van der Waals surface area contributed by atoms with Gasteiger partial charge in [0, 0.05) is 13.1 Å². The summed E-state index contributed by atoms with van der Waals surface area (Å²) in [4.78, 5) is 27.2. The number of hydrogen-bond acceptors (Lipinski definition) is 7. The molecule has 0 unspecified atom stereocenters. The number of ether oxygens (including phenoxy) is 3. The lowest BCUT2D eigenvalue weighted by molar-refractivity contribution is -0.154. The van der Waals surface area contributed by atoms with E-state index in [-0.39, 0.29) is 42.2 Å². The third-order valence-corrected chi connectivity index (χ3v) is 6.49. The molecule has 3 aromatic carbocycles. The Labute approximate surface area is 227 Å². The maximum atomic E-state index is 14.1. The number of carbonyl (C=O) groups is 1. The molecule has 5 rings (SSSR count). The largest absolute Gasteiger partial charge is 0.478 e. The topological polar surface area (TPSA) is 78.2 Å². The first kappa shape index (κ1) is 27.3. The van der Waals surface area contributed by atoms with Crippen LogP contribution in [0.15, 0.2) is 75.9 Å². The van der Waals surface area contributed by atoms with Crippen LogP contribution in [-0.4, -0.2) is 30.8 Å². The third kappa shape index (κ3) is 5.81. The quantitative estimate of drug-likeness (QED) is 0.229. The molecule has 1 aromatic heterocycles. The zero-order valence-electron chi connectivity index (χ0n) is 21.6. The van der Waals surface area contributed by atoms with E-state index in [0.717, 1.165) is 12.8 Å². The Balaban J connectivity index is 1.44. The normalized spacial score (nSPS) is 13.5. The van der Waals surface area contributed by atoms with E-state index < -0.39 is 29.1 Å². The summed E-state index contributed by atoms with van der Waals surface area (Å²) in [6, 6.07) is 18.1. The van der Waals surface area contributed by atoms with Gasteiger partial charge in [0.1, 0.15) is 23.8 Å². The highest BCUT2D eigenvalue weighted by Gasteiger charge is 2.41. The van der Waals surface area contributed by atoms with Crippen LogP contribution in [0.4, 0.5) is 13.2 Å².